The van der Waals surface area contributed by atoms with Gasteiger partial charge in [0.25, 0.3) is 0 Å². The summed E-state index contributed by atoms with van der Waals surface area (Å²) in [5.41, 5.74) is 15.2. The van der Waals surface area contributed by atoms with Crippen molar-refractivity contribution in [2.45, 2.75) is 91.9 Å². The van der Waals surface area contributed by atoms with Crippen LogP contribution in [0.2, 0.25) is 0 Å². The highest BCUT2D eigenvalue weighted by molar-refractivity contribution is 6.09. The van der Waals surface area contributed by atoms with Crippen LogP contribution in [0, 0.1) is 5.82 Å². The minimum Gasteiger partial charge on any atom is -0.457 e. The van der Waals surface area contributed by atoms with Crippen molar-refractivity contribution in [3.05, 3.63) is 192 Å². The van der Waals surface area contributed by atoms with E-state index in [9.17, 15) is 0 Å². The summed E-state index contributed by atoms with van der Waals surface area (Å²) in [5, 5.41) is 2.30. The summed E-state index contributed by atoms with van der Waals surface area (Å²) in [5.74, 6) is 2.49. The fourth-order valence-electron chi connectivity index (χ4n) is 10.1. The molecule has 0 aliphatic carbocycles. The van der Waals surface area contributed by atoms with E-state index < -0.39 is 0 Å². The standard InChI is InChI=1S/C62H61FN4O/c1-39(2)51-33-42(48-19-11-13-21-54(48)63)34-52(40(3)4)60(51)66-38-65(56-23-15-16-24-57(56)66)44-31-41(47-28-26-43(61(5,6)7)35-53(47)62(8,9)10)32-46(36-44)68-45-27-29-50-49-20-12-14-22-55(49)67(58(50)37-45)59-25-17-18-30-64-59/h11-37,39-40H,38H2,1-10H3. The van der Waals surface area contributed by atoms with Gasteiger partial charge in [0, 0.05) is 46.0 Å². The third-order valence-electron chi connectivity index (χ3n) is 13.6. The molecular formula is C62H61FN4O. The Morgan fingerprint density at radius 2 is 1.19 bits per heavy atom. The molecule has 0 unspecified atom stereocenters. The van der Waals surface area contributed by atoms with Crippen LogP contribution in [0.5, 0.6) is 11.5 Å². The Morgan fingerprint density at radius 1 is 0.544 bits per heavy atom. The predicted octanol–water partition coefficient (Wildman–Crippen LogP) is 17.5. The first-order valence-electron chi connectivity index (χ1n) is 24.0. The van der Waals surface area contributed by atoms with Crippen molar-refractivity contribution < 1.29 is 9.13 Å². The average Bonchev–Trinajstić information content (AvgIpc) is 3.86. The van der Waals surface area contributed by atoms with Gasteiger partial charge in [-0.1, -0.05) is 142 Å². The zero-order valence-corrected chi connectivity index (χ0v) is 41.0. The van der Waals surface area contributed by atoms with Gasteiger partial charge in [0.15, 0.2) is 0 Å². The normalized spacial score (nSPS) is 13.1. The largest absolute Gasteiger partial charge is 0.457 e. The van der Waals surface area contributed by atoms with Gasteiger partial charge in [-0.15, -0.1) is 0 Å². The fraction of sp³-hybridized carbons (Fsp3) is 0.242. The molecule has 2 aromatic heterocycles. The van der Waals surface area contributed by atoms with Crippen LogP contribution in [0.25, 0.3) is 49.9 Å². The molecule has 0 saturated carbocycles. The monoisotopic (exact) mass is 896 g/mol. The third kappa shape index (κ3) is 8.10. The van der Waals surface area contributed by atoms with Gasteiger partial charge in [0.1, 0.15) is 29.8 Å². The second-order valence-corrected chi connectivity index (χ2v) is 21.1. The first-order chi connectivity index (χ1) is 32.5. The van der Waals surface area contributed by atoms with Crippen molar-refractivity contribution >= 4 is 44.6 Å². The Labute approximate surface area is 401 Å². The van der Waals surface area contributed by atoms with E-state index in [0.29, 0.717) is 12.2 Å². The first kappa shape index (κ1) is 44.6. The molecule has 5 nitrogen and oxygen atoms in total. The molecule has 7 aromatic carbocycles. The topological polar surface area (TPSA) is 33.5 Å². The lowest BCUT2D eigenvalue weighted by Crippen LogP contribution is -2.26. The van der Waals surface area contributed by atoms with E-state index in [0.717, 1.165) is 67.3 Å². The van der Waals surface area contributed by atoms with Crippen molar-refractivity contribution in [3.63, 3.8) is 0 Å². The van der Waals surface area contributed by atoms with Crippen LogP contribution in [0.1, 0.15) is 103 Å². The summed E-state index contributed by atoms with van der Waals surface area (Å²) in [4.78, 5) is 9.68. The molecule has 0 atom stereocenters. The second kappa shape index (κ2) is 17.2. The average molecular weight is 897 g/mol. The Balaban J connectivity index is 1.15. The maximum absolute atomic E-state index is 15.4. The molecule has 0 radical (unpaired) electrons. The van der Waals surface area contributed by atoms with Gasteiger partial charge in [-0.3, -0.25) is 4.57 Å². The number of nitrogens with zero attached hydrogens (tertiary/aromatic N) is 4. The number of pyridine rings is 1. The quantitative estimate of drug-likeness (QED) is 0.145. The number of hydrogen-bond donors (Lipinski definition) is 0. The van der Waals surface area contributed by atoms with E-state index in [1.54, 1.807) is 12.1 Å². The van der Waals surface area contributed by atoms with Gasteiger partial charge >= 0.3 is 0 Å². The number of anilines is 4. The molecule has 0 amide bonds. The maximum Gasteiger partial charge on any atom is 0.137 e. The Kier molecular flexibility index (Phi) is 11.3. The maximum atomic E-state index is 15.4. The van der Waals surface area contributed by atoms with E-state index in [1.165, 1.54) is 33.5 Å². The van der Waals surface area contributed by atoms with Crippen molar-refractivity contribution in [3.8, 4) is 39.6 Å². The van der Waals surface area contributed by atoms with Crippen molar-refractivity contribution in [2.75, 3.05) is 16.5 Å². The third-order valence-corrected chi connectivity index (χ3v) is 13.6. The molecular weight excluding hydrogens is 836 g/mol. The molecule has 0 N–H and O–H groups in total. The summed E-state index contributed by atoms with van der Waals surface area (Å²) in [7, 11) is 0. The van der Waals surface area contributed by atoms with Crippen LogP contribution < -0.4 is 14.5 Å². The molecule has 342 valence electrons. The highest BCUT2D eigenvalue weighted by Crippen LogP contribution is 2.51. The van der Waals surface area contributed by atoms with Gasteiger partial charge in [0.2, 0.25) is 0 Å². The fourth-order valence-corrected chi connectivity index (χ4v) is 10.1. The molecule has 0 bridgehead atoms. The zero-order chi connectivity index (χ0) is 47.6. The number of rotatable bonds is 9. The van der Waals surface area contributed by atoms with Crippen molar-refractivity contribution in [1.29, 1.82) is 0 Å². The molecule has 0 saturated heterocycles. The number of para-hydroxylation sites is 3. The number of benzene rings is 7. The lowest BCUT2D eigenvalue weighted by molar-refractivity contribution is 0.483. The van der Waals surface area contributed by atoms with Crippen LogP contribution in [-0.2, 0) is 10.8 Å². The van der Waals surface area contributed by atoms with E-state index in [-0.39, 0.29) is 28.5 Å². The highest BCUT2D eigenvalue weighted by atomic mass is 19.1. The van der Waals surface area contributed by atoms with Crippen molar-refractivity contribution in [1.82, 2.24) is 9.55 Å². The van der Waals surface area contributed by atoms with Crippen LogP contribution in [-0.4, -0.2) is 16.2 Å². The molecule has 3 heterocycles. The lowest BCUT2D eigenvalue weighted by Gasteiger charge is -2.30. The SMILES string of the molecule is CC(C)c1cc(-c2ccccc2F)cc(C(C)C)c1N1CN(c2cc(Oc3ccc4c5ccccc5n(-c5ccccn5)c4c3)cc(-c3ccc(C(C)(C)C)cc3C(C)(C)C)c2)c2ccccc21. The minimum absolute atomic E-state index is 0.00904. The van der Waals surface area contributed by atoms with E-state index >= 15 is 4.39 Å². The summed E-state index contributed by atoms with van der Waals surface area (Å²) < 4.78 is 24.8. The Bertz CT molecular complexity index is 3320. The lowest BCUT2D eigenvalue weighted by atomic mass is 9.77. The first-order valence-corrected chi connectivity index (χ1v) is 24.0. The highest BCUT2D eigenvalue weighted by Gasteiger charge is 2.33. The zero-order valence-electron chi connectivity index (χ0n) is 41.0. The summed E-state index contributed by atoms with van der Waals surface area (Å²) in [6.07, 6.45) is 1.84. The second-order valence-electron chi connectivity index (χ2n) is 21.1. The smallest absolute Gasteiger partial charge is 0.137 e. The van der Waals surface area contributed by atoms with Crippen LogP contribution in [0.3, 0.4) is 0 Å². The van der Waals surface area contributed by atoms with E-state index in [2.05, 4.69) is 205 Å². The van der Waals surface area contributed by atoms with Gasteiger partial charge in [-0.2, -0.15) is 0 Å². The summed E-state index contributed by atoms with van der Waals surface area (Å²) in [6.45, 7) is 23.3. The summed E-state index contributed by atoms with van der Waals surface area (Å²) >= 11 is 0. The van der Waals surface area contributed by atoms with E-state index in [4.69, 9.17) is 9.72 Å². The number of fused-ring (bicyclic) bond motifs is 4. The molecule has 10 rings (SSSR count). The van der Waals surface area contributed by atoms with Gasteiger partial charge in [0.05, 0.1) is 22.4 Å². The number of ether oxygens (including phenoxy) is 1. The van der Waals surface area contributed by atoms with Gasteiger partial charge in [-0.25, -0.2) is 9.37 Å². The van der Waals surface area contributed by atoms with Gasteiger partial charge < -0.3 is 14.5 Å². The van der Waals surface area contributed by atoms with E-state index in [1.807, 2.05) is 30.5 Å². The molecule has 0 spiro atoms. The summed E-state index contributed by atoms with van der Waals surface area (Å²) in [6, 6.07) is 54.9. The van der Waals surface area contributed by atoms with Crippen LogP contribution in [0.15, 0.2) is 164 Å². The molecule has 6 heteroatoms. The Morgan fingerprint density at radius 3 is 1.87 bits per heavy atom. The minimum atomic E-state index is -0.210. The number of aromatic nitrogens is 2. The van der Waals surface area contributed by atoms with Crippen LogP contribution in [0.4, 0.5) is 27.1 Å². The molecule has 1 aliphatic heterocycles. The van der Waals surface area contributed by atoms with Gasteiger partial charge in [-0.05, 0) is 134 Å². The molecule has 9 aromatic rings. The molecule has 1 aliphatic rings. The number of hydrogen-bond acceptors (Lipinski definition) is 4. The molecule has 68 heavy (non-hydrogen) atoms. The molecule has 0 fully saturated rings. The number of halogens is 1. The Hall–Kier alpha value is -7.18. The van der Waals surface area contributed by atoms with Crippen molar-refractivity contribution in [2.24, 2.45) is 0 Å². The van der Waals surface area contributed by atoms with Crippen LogP contribution >= 0.6 is 0 Å². The predicted molar refractivity (Wildman–Crippen MR) is 284 cm³/mol.